The van der Waals surface area contributed by atoms with Gasteiger partial charge in [-0.3, -0.25) is 0 Å². The first-order chi connectivity index (χ1) is 19.3. The number of benzene rings is 2. The van der Waals surface area contributed by atoms with Crippen LogP contribution in [0.2, 0.25) is 0 Å². The normalized spacial score (nSPS) is 10.4. The molecule has 0 radical (unpaired) electrons. The molecule has 0 aliphatic carbocycles. The number of hydrogen-bond donors (Lipinski definition) is 2. The van der Waals surface area contributed by atoms with Crippen LogP contribution in [0.4, 0.5) is 0 Å². The molecule has 0 saturated carbocycles. The molecule has 224 valence electrons. The van der Waals surface area contributed by atoms with Crippen LogP contribution in [0.15, 0.2) is 36.4 Å². The fourth-order valence-electron chi connectivity index (χ4n) is 4.72. The van der Waals surface area contributed by atoms with Gasteiger partial charge in [-0.1, -0.05) is 128 Å². The molecule has 0 spiro atoms. The van der Waals surface area contributed by atoms with E-state index in [9.17, 15) is 24.9 Å². The fourth-order valence-corrected chi connectivity index (χ4v) is 4.72. The largest absolute Gasteiger partial charge is 2.00 e. The molecule has 0 heterocycles. The van der Waals surface area contributed by atoms with Gasteiger partial charge in [0.2, 0.25) is 0 Å². The smallest absolute Gasteiger partial charge is 0.872 e. The monoisotopic (exact) mass is 594 g/mol. The molecule has 0 atom stereocenters. The molecule has 0 saturated heterocycles. The van der Waals surface area contributed by atoms with E-state index in [1.54, 1.807) is 6.07 Å². The van der Waals surface area contributed by atoms with E-state index in [0.717, 1.165) is 37.7 Å². The SMILES string of the molecule is CCCCCCCCCCc1cc(C(=O)O)ccc1O.CCCCCCCCCCc1cc(C(=O)[O-])ccc1[O-].[Ca+2]. The summed E-state index contributed by atoms with van der Waals surface area (Å²) in [6.07, 6.45) is 21.0. The number of carbonyl (C=O) groups excluding carboxylic acids is 1. The van der Waals surface area contributed by atoms with Gasteiger partial charge in [0.25, 0.3) is 0 Å². The van der Waals surface area contributed by atoms with Crippen LogP contribution in [0.25, 0.3) is 0 Å². The molecule has 0 aliphatic heterocycles. The van der Waals surface area contributed by atoms with Gasteiger partial charge in [-0.25, -0.2) is 4.79 Å². The maximum Gasteiger partial charge on any atom is 2.00 e. The molecule has 0 unspecified atom stereocenters. The molecule has 0 amide bonds. The van der Waals surface area contributed by atoms with E-state index in [2.05, 4.69) is 13.8 Å². The topological polar surface area (TPSA) is 121 Å². The van der Waals surface area contributed by atoms with Gasteiger partial charge >= 0.3 is 43.7 Å². The molecular weight excluding hydrogens is 544 g/mol. The second kappa shape index (κ2) is 24.8. The van der Waals surface area contributed by atoms with Crippen LogP contribution < -0.4 is 10.2 Å². The van der Waals surface area contributed by atoms with Gasteiger partial charge in [0.15, 0.2) is 0 Å². The van der Waals surface area contributed by atoms with Crippen LogP contribution >= 0.6 is 0 Å². The quantitative estimate of drug-likeness (QED) is 0.124. The van der Waals surface area contributed by atoms with Crippen LogP contribution in [-0.2, 0) is 12.8 Å². The molecule has 0 aromatic heterocycles. The predicted octanol–water partition coefficient (Wildman–Crippen LogP) is 7.20. The summed E-state index contributed by atoms with van der Waals surface area (Å²) < 4.78 is 0. The van der Waals surface area contributed by atoms with Crippen LogP contribution in [0.5, 0.6) is 11.5 Å². The summed E-state index contributed by atoms with van der Waals surface area (Å²) in [5, 5.41) is 41.0. The third-order valence-corrected chi connectivity index (χ3v) is 7.22. The van der Waals surface area contributed by atoms with Gasteiger partial charge in [0.1, 0.15) is 5.75 Å². The Balaban J connectivity index is 0.000000762. The van der Waals surface area contributed by atoms with Crippen LogP contribution in [-0.4, -0.2) is 59.9 Å². The summed E-state index contributed by atoms with van der Waals surface area (Å²) in [6, 6.07) is 8.59. The maximum absolute atomic E-state index is 11.6. The number of aryl methyl sites for hydroxylation is 2. The van der Waals surface area contributed by atoms with E-state index >= 15 is 0 Å². The molecular formula is C34H50CaO6. The average Bonchev–Trinajstić information content (AvgIpc) is 2.93. The summed E-state index contributed by atoms with van der Waals surface area (Å²) in [7, 11) is 0. The van der Waals surface area contributed by atoms with E-state index in [1.807, 2.05) is 0 Å². The number of aromatic carboxylic acids is 2. The number of aromatic hydroxyl groups is 1. The van der Waals surface area contributed by atoms with Crippen molar-refractivity contribution in [2.75, 3.05) is 0 Å². The van der Waals surface area contributed by atoms with Gasteiger partial charge in [-0.15, -0.1) is 5.75 Å². The van der Waals surface area contributed by atoms with Crippen molar-refractivity contribution in [3.63, 3.8) is 0 Å². The number of unbranched alkanes of at least 4 members (excludes halogenated alkanes) is 14. The second-order valence-electron chi connectivity index (χ2n) is 10.7. The second-order valence-corrected chi connectivity index (χ2v) is 10.7. The Labute approximate surface area is 277 Å². The minimum atomic E-state index is -1.22. The summed E-state index contributed by atoms with van der Waals surface area (Å²) in [6.45, 7) is 4.43. The van der Waals surface area contributed by atoms with E-state index in [0.29, 0.717) is 12.0 Å². The first-order valence-electron chi connectivity index (χ1n) is 15.4. The van der Waals surface area contributed by atoms with Crippen molar-refractivity contribution >= 4 is 49.7 Å². The van der Waals surface area contributed by atoms with Crippen molar-refractivity contribution in [3.8, 4) is 11.5 Å². The minimum Gasteiger partial charge on any atom is -0.872 e. The molecule has 41 heavy (non-hydrogen) atoms. The molecule has 6 nitrogen and oxygen atoms in total. The molecule has 2 N–H and O–H groups in total. The summed E-state index contributed by atoms with van der Waals surface area (Å²) in [4.78, 5) is 21.6. The third kappa shape index (κ3) is 18.4. The first-order valence-corrected chi connectivity index (χ1v) is 15.4. The molecule has 2 rings (SSSR count). The van der Waals surface area contributed by atoms with Crippen molar-refractivity contribution in [1.29, 1.82) is 0 Å². The van der Waals surface area contributed by atoms with E-state index < -0.39 is 11.9 Å². The van der Waals surface area contributed by atoms with Crippen molar-refractivity contribution < 1.29 is 30.0 Å². The van der Waals surface area contributed by atoms with Crippen molar-refractivity contribution in [3.05, 3.63) is 58.7 Å². The molecule has 2 aromatic rings. The summed E-state index contributed by atoms with van der Waals surface area (Å²) in [5.74, 6) is -2.03. The molecule has 2 aromatic carbocycles. The van der Waals surface area contributed by atoms with Crippen LogP contribution in [0.1, 0.15) is 148 Å². The zero-order valence-corrected chi connectivity index (χ0v) is 27.6. The Morgan fingerprint density at radius 3 is 1.51 bits per heavy atom. The summed E-state index contributed by atoms with van der Waals surface area (Å²) in [5.41, 5.74) is 1.69. The van der Waals surface area contributed by atoms with Crippen LogP contribution in [0, 0.1) is 0 Å². The Kier molecular flexibility index (Phi) is 23.7. The molecule has 0 fully saturated rings. The van der Waals surface area contributed by atoms with E-state index in [-0.39, 0.29) is 60.4 Å². The van der Waals surface area contributed by atoms with Gasteiger partial charge in [-0.05, 0) is 55.0 Å². The zero-order chi connectivity index (χ0) is 29.6. The number of phenols is 1. The van der Waals surface area contributed by atoms with E-state index in [4.69, 9.17) is 5.11 Å². The maximum atomic E-state index is 11.6. The molecule has 0 bridgehead atoms. The molecule has 0 aliphatic rings. The summed E-state index contributed by atoms with van der Waals surface area (Å²) >= 11 is 0. The Morgan fingerprint density at radius 2 is 1.05 bits per heavy atom. The molecule has 7 heteroatoms. The fraction of sp³-hybridized carbons (Fsp3) is 0.588. The van der Waals surface area contributed by atoms with Crippen molar-refractivity contribution in [1.82, 2.24) is 0 Å². The van der Waals surface area contributed by atoms with Gasteiger partial charge < -0.3 is 25.2 Å². The first kappa shape index (κ1) is 39.2. The Hall–Kier alpha value is -1.76. The minimum absolute atomic E-state index is 0. The van der Waals surface area contributed by atoms with Crippen LogP contribution in [0.3, 0.4) is 0 Å². The number of rotatable bonds is 20. The standard InChI is InChI=1S/2C17H26O3.Ca/c2*1-2-3-4-5-6-7-8-9-10-14-13-15(17(19)20)11-12-16(14)18;/h2*11-13,18H,2-10H2,1H3,(H,19,20);/q;;+2/p-2. The van der Waals surface area contributed by atoms with Crippen molar-refractivity contribution in [2.24, 2.45) is 0 Å². The van der Waals surface area contributed by atoms with Gasteiger partial charge in [0, 0.05) is 0 Å². The van der Waals surface area contributed by atoms with Crippen molar-refractivity contribution in [2.45, 2.75) is 129 Å². The van der Waals surface area contributed by atoms with E-state index in [1.165, 1.54) is 107 Å². The number of carboxylic acid groups (broad SMARTS) is 2. The number of phenolic OH excluding ortho intramolecular Hbond substituents is 1. The Morgan fingerprint density at radius 1 is 0.634 bits per heavy atom. The number of carboxylic acids is 2. The van der Waals surface area contributed by atoms with Gasteiger partial charge in [-0.2, -0.15) is 0 Å². The number of carbonyl (C=O) groups is 2. The van der Waals surface area contributed by atoms with Gasteiger partial charge in [0.05, 0.1) is 11.5 Å². The average molecular weight is 595 g/mol. The Bertz CT molecular complexity index is 912. The number of hydrogen-bond acceptors (Lipinski definition) is 5. The third-order valence-electron chi connectivity index (χ3n) is 7.22. The zero-order valence-electron chi connectivity index (χ0n) is 25.4. The predicted molar refractivity (Wildman–Crippen MR) is 164 cm³/mol.